The van der Waals surface area contributed by atoms with E-state index in [9.17, 15) is 13.2 Å². The molecule has 1 saturated heterocycles. The Morgan fingerprint density at radius 1 is 1.32 bits per heavy atom. The Morgan fingerprint density at radius 2 is 1.97 bits per heavy atom. The molecule has 10 heteroatoms. The van der Waals surface area contributed by atoms with Gasteiger partial charge in [-0.05, 0) is 43.4 Å². The first kappa shape index (κ1) is 23.7. The van der Waals surface area contributed by atoms with Crippen molar-refractivity contribution in [2.45, 2.75) is 48.6 Å². The first-order valence-corrected chi connectivity index (χ1v) is 13.3. The summed E-state index contributed by atoms with van der Waals surface area (Å²) in [6.07, 6.45) is 0.936. The Hall–Kier alpha value is -1.93. The summed E-state index contributed by atoms with van der Waals surface area (Å²) in [5, 5.41) is 12.1. The van der Waals surface area contributed by atoms with Gasteiger partial charge < -0.3 is 5.32 Å². The fourth-order valence-electron chi connectivity index (χ4n) is 3.41. The third-order valence-corrected chi connectivity index (χ3v) is 9.48. The topological polar surface area (TPSA) is 103 Å². The van der Waals surface area contributed by atoms with E-state index in [0.717, 1.165) is 15.5 Å². The molecule has 2 heterocycles. The number of anilines is 1. The van der Waals surface area contributed by atoms with E-state index < -0.39 is 10.0 Å². The van der Waals surface area contributed by atoms with E-state index in [-0.39, 0.29) is 11.8 Å². The first-order chi connectivity index (χ1) is 14.7. The number of sulfonamides is 1. The van der Waals surface area contributed by atoms with Gasteiger partial charge in [-0.2, -0.15) is 9.57 Å². The molecule has 1 aliphatic heterocycles. The third-order valence-electron chi connectivity index (χ3n) is 5.26. The SMILES string of the molecule is Cc1nc(NC(=O)C2CCN(S(=O)(=O)c3ccc(C(C)C)cc3)CC2)sc1SCC#N. The van der Waals surface area contributed by atoms with Crippen molar-refractivity contribution in [1.29, 1.82) is 5.26 Å². The van der Waals surface area contributed by atoms with Crippen LogP contribution >= 0.6 is 23.1 Å². The molecule has 0 bridgehead atoms. The number of nitrogens with zero attached hydrogens (tertiary/aromatic N) is 3. The van der Waals surface area contributed by atoms with Crippen molar-refractivity contribution < 1.29 is 13.2 Å². The molecule has 1 amide bonds. The molecular weight excluding hydrogens is 452 g/mol. The monoisotopic (exact) mass is 478 g/mol. The van der Waals surface area contributed by atoms with Gasteiger partial charge in [0, 0.05) is 19.0 Å². The summed E-state index contributed by atoms with van der Waals surface area (Å²) in [6.45, 7) is 6.61. The number of benzene rings is 1. The van der Waals surface area contributed by atoms with E-state index in [2.05, 4.69) is 30.2 Å². The molecule has 7 nitrogen and oxygen atoms in total. The number of rotatable bonds is 7. The van der Waals surface area contributed by atoms with Crippen LogP contribution in [0.3, 0.4) is 0 Å². The summed E-state index contributed by atoms with van der Waals surface area (Å²) in [6, 6.07) is 9.12. The van der Waals surface area contributed by atoms with Crippen molar-refractivity contribution in [3.8, 4) is 6.07 Å². The molecule has 1 fully saturated rings. The van der Waals surface area contributed by atoms with Gasteiger partial charge in [-0.15, -0.1) is 0 Å². The highest BCUT2D eigenvalue weighted by Crippen LogP contribution is 2.32. The van der Waals surface area contributed by atoms with Crippen LogP contribution in [0.1, 0.15) is 43.9 Å². The maximum Gasteiger partial charge on any atom is 0.243 e. The number of thiazole rings is 1. The van der Waals surface area contributed by atoms with Crippen LogP contribution in [0.2, 0.25) is 0 Å². The standard InChI is InChI=1S/C21H26N4O3S3/c1-14(2)16-4-6-18(7-5-16)31(27,28)25-11-8-17(9-12-25)19(26)24-21-23-15(3)20(30-21)29-13-10-22/h4-7,14,17H,8-9,11-13H2,1-3H3,(H,23,24,26). The van der Waals surface area contributed by atoms with Crippen LogP contribution in [-0.4, -0.2) is 42.5 Å². The molecule has 31 heavy (non-hydrogen) atoms. The van der Waals surface area contributed by atoms with Gasteiger partial charge in [0.05, 0.1) is 26.6 Å². The van der Waals surface area contributed by atoms with Crippen LogP contribution in [0.15, 0.2) is 33.4 Å². The molecule has 1 aromatic carbocycles. The van der Waals surface area contributed by atoms with Crippen molar-refractivity contribution in [1.82, 2.24) is 9.29 Å². The number of aryl methyl sites for hydroxylation is 1. The average molecular weight is 479 g/mol. The zero-order valence-electron chi connectivity index (χ0n) is 17.8. The second-order valence-electron chi connectivity index (χ2n) is 7.73. The number of thioether (sulfide) groups is 1. The summed E-state index contributed by atoms with van der Waals surface area (Å²) in [7, 11) is -3.56. The normalized spacial score (nSPS) is 15.7. The van der Waals surface area contributed by atoms with Crippen molar-refractivity contribution in [2.75, 3.05) is 24.2 Å². The molecule has 0 radical (unpaired) electrons. The van der Waals surface area contributed by atoms with Gasteiger partial charge in [0.1, 0.15) is 0 Å². The Labute approximate surface area is 191 Å². The number of hydrogen-bond acceptors (Lipinski definition) is 7. The van der Waals surface area contributed by atoms with Crippen LogP contribution < -0.4 is 5.32 Å². The van der Waals surface area contributed by atoms with Crippen LogP contribution in [0.5, 0.6) is 0 Å². The minimum absolute atomic E-state index is 0.135. The molecule has 0 unspecified atom stereocenters. The smallest absolute Gasteiger partial charge is 0.243 e. The molecule has 1 aliphatic rings. The van der Waals surface area contributed by atoms with Gasteiger partial charge >= 0.3 is 0 Å². The number of carbonyl (C=O) groups is 1. The van der Waals surface area contributed by atoms with E-state index in [0.29, 0.717) is 47.6 Å². The highest BCUT2D eigenvalue weighted by molar-refractivity contribution is 8.01. The number of aromatic nitrogens is 1. The lowest BCUT2D eigenvalue weighted by atomic mass is 9.97. The maximum absolute atomic E-state index is 13.0. The predicted molar refractivity (Wildman–Crippen MR) is 124 cm³/mol. The lowest BCUT2D eigenvalue weighted by molar-refractivity contribution is -0.120. The molecule has 0 spiro atoms. The molecule has 1 aromatic heterocycles. The zero-order valence-corrected chi connectivity index (χ0v) is 20.2. The van der Waals surface area contributed by atoms with Gasteiger partial charge in [0.2, 0.25) is 15.9 Å². The molecule has 0 saturated carbocycles. The van der Waals surface area contributed by atoms with E-state index in [1.54, 1.807) is 12.1 Å². The Kier molecular flexibility index (Phi) is 7.75. The average Bonchev–Trinajstić information content (AvgIpc) is 3.11. The fraction of sp³-hybridized carbons (Fsp3) is 0.476. The summed E-state index contributed by atoms with van der Waals surface area (Å²) in [4.78, 5) is 17.3. The Morgan fingerprint density at radius 3 is 2.55 bits per heavy atom. The number of carbonyl (C=O) groups excluding carboxylic acids is 1. The third kappa shape index (κ3) is 5.66. The van der Waals surface area contributed by atoms with Crippen LogP contribution in [0.25, 0.3) is 0 Å². The molecular formula is C21H26N4O3S3. The predicted octanol–water partition coefficient (Wildman–Crippen LogP) is 4.23. The van der Waals surface area contributed by atoms with Gasteiger partial charge in [-0.1, -0.05) is 49.1 Å². The molecule has 1 N–H and O–H groups in total. The first-order valence-electron chi connectivity index (χ1n) is 10.1. The molecule has 166 valence electrons. The molecule has 0 aliphatic carbocycles. The van der Waals surface area contributed by atoms with Gasteiger partial charge in [0.15, 0.2) is 5.13 Å². The van der Waals surface area contributed by atoms with Crippen LogP contribution in [0.4, 0.5) is 5.13 Å². The number of nitriles is 1. The minimum atomic E-state index is -3.56. The van der Waals surface area contributed by atoms with Gasteiger partial charge in [-0.25, -0.2) is 13.4 Å². The molecule has 0 atom stereocenters. The van der Waals surface area contributed by atoms with Crippen molar-refractivity contribution in [3.05, 3.63) is 35.5 Å². The van der Waals surface area contributed by atoms with Crippen molar-refractivity contribution in [2.24, 2.45) is 5.92 Å². The van der Waals surface area contributed by atoms with E-state index in [1.165, 1.54) is 27.4 Å². The molecule has 3 rings (SSSR count). The van der Waals surface area contributed by atoms with Crippen molar-refractivity contribution in [3.63, 3.8) is 0 Å². The van der Waals surface area contributed by atoms with Crippen LogP contribution in [0, 0.1) is 24.2 Å². The van der Waals surface area contributed by atoms with E-state index in [4.69, 9.17) is 5.26 Å². The van der Waals surface area contributed by atoms with E-state index in [1.807, 2.05) is 19.1 Å². The highest BCUT2D eigenvalue weighted by Gasteiger charge is 2.32. The number of piperidine rings is 1. The molecule has 2 aromatic rings. The Balaban J connectivity index is 1.58. The second kappa shape index (κ2) is 10.1. The minimum Gasteiger partial charge on any atom is -0.302 e. The summed E-state index contributed by atoms with van der Waals surface area (Å²) < 4.78 is 28.3. The largest absolute Gasteiger partial charge is 0.302 e. The highest BCUT2D eigenvalue weighted by atomic mass is 32.2. The Bertz CT molecular complexity index is 1060. The van der Waals surface area contributed by atoms with E-state index >= 15 is 0 Å². The van der Waals surface area contributed by atoms with Crippen LogP contribution in [-0.2, 0) is 14.8 Å². The number of amides is 1. The van der Waals surface area contributed by atoms with Gasteiger partial charge in [0.25, 0.3) is 0 Å². The quantitative estimate of drug-likeness (QED) is 0.597. The lowest BCUT2D eigenvalue weighted by Crippen LogP contribution is -2.41. The lowest BCUT2D eigenvalue weighted by Gasteiger charge is -2.30. The summed E-state index contributed by atoms with van der Waals surface area (Å²) in [5.41, 5.74) is 1.89. The zero-order chi connectivity index (χ0) is 22.6. The summed E-state index contributed by atoms with van der Waals surface area (Å²) >= 11 is 2.76. The maximum atomic E-state index is 13.0. The fourth-order valence-corrected chi connectivity index (χ4v) is 6.68. The van der Waals surface area contributed by atoms with Gasteiger partial charge in [-0.3, -0.25) is 4.79 Å². The van der Waals surface area contributed by atoms with Crippen molar-refractivity contribution >= 4 is 44.2 Å². The second-order valence-corrected chi connectivity index (χ2v) is 11.9. The summed E-state index contributed by atoms with van der Waals surface area (Å²) in [5.74, 6) is 0.288. The number of nitrogens with one attached hydrogen (secondary N) is 1. The number of hydrogen-bond donors (Lipinski definition) is 1.